The number of rotatable bonds is 0. The minimum absolute atomic E-state index is 0. The van der Waals surface area contributed by atoms with E-state index in [4.69, 9.17) is 11.5 Å². The Labute approximate surface area is 148 Å². The van der Waals surface area contributed by atoms with Gasteiger partial charge < -0.3 is 38.8 Å². The largest absolute Gasteiger partial charge is 2.00 e. The summed E-state index contributed by atoms with van der Waals surface area (Å²) in [7, 11) is 0. The van der Waals surface area contributed by atoms with Crippen molar-refractivity contribution in [2.45, 2.75) is 0 Å². The first-order chi connectivity index (χ1) is 6.79. The molecule has 7 nitrogen and oxygen atoms in total. The molecule has 4 N–H and O–H groups in total. The standard InChI is InChI=1S/2C6H7N.5O.2V/c2*7-6-4-2-1-3-5-6;;;;;;;/h2*1-5H,7H2;;;;;;;/q;;5*-2;;. The van der Waals surface area contributed by atoms with E-state index in [9.17, 15) is 0 Å². The number of nitrogen functional groups attached to an aromatic ring is 2. The first-order valence-electron chi connectivity index (χ1n) is 4.40. The molecule has 2 rings (SSSR count). The van der Waals surface area contributed by atoms with Crippen LogP contribution in [-0.2, 0) is 64.5 Å². The van der Waals surface area contributed by atoms with Crippen molar-refractivity contribution in [3.8, 4) is 0 Å². The van der Waals surface area contributed by atoms with Gasteiger partial charge in [0.15, 0.2) is 0 Å². The summed E-state index contributed by atoms with van der Waals surface area (Å²) in [6, 6.07) is 19.0. The van der Waals surface area contributed by atoms with Crippen LogP contribution in [0.15, 0.2) is 60.7 Å². The summed E-state index contributed by atoms with van der Waals surface area (Å²) in [6.07, 6.45) is 0. The molecule has 122 valence electrons. The Hall–Kier alpha value is -0.991. The number of benzene rings is 2. The number of anilines is 2. The van der Waals surface area contributed by atoms with Gasteiger partial charge in [-0.05, 0) is 24.3 Å². The van der Waals surface area contributed by atoms with Crippen LogP contribution >= 0.6 is 0 Å². The molecule has 0 saturated heterocycles. The van der Waals surface area contributed by atoms with Gasteiger partial charge in [0, 0.05) is 48.5 Å². The van der Waals surface area contributed by atoms with Crippen LogP contribution in [0.4, 0.5) is 11.4 Å². The second-order valence-electron chi connectivity index (χ2n) is 2.82. The fraction of sp³-hybridized carbons (Fsp3) is 0. The van der Waals surface area contributed by atoms with E-state index in [1.165, 1.54) is 0 Å². The predicted octanol–water partition coefficient (Wildman–Crippen LogP) is 1.94. The minimum atomic E-state index is 0. The summed E-state index contributed by atoms with van der Waals surface area (Å²) in [4.78, 5) is 0. The molecular weight excluding hydrogens is 354 g/mol. The van der Waals surface area contributed by atoms with Crippen molar-refractivity contribution in [3.05, 3.63) is 60.7 Å². The number of para-hydroxylation sites is 2. The van der Waals surface area contributed by atoms with Crippen LogP contribution in [0.5, 0.6) is 0 Å². The van der Waals surface area contributed by atoms with Crippen LogP contribution in [0.2, 0.25) is 0 Å². The molecule has 0 aromatic heterocycles. The molecule has 0 atom stereocenters. The Balaban J connectivity index is -0.0000000280. The SMILES string of the molecule is Nc1ccccc1.Nc1ccccc1.[O-2].[O-2].[O-2].[O-2].[O-2].[V].[V]. The van der Waals surface area contributed by atoms with Gasteiger partial charge in [0.05, 0.1) is 0 Å². The number of hydrogen-bond donors (Lipinski definition) is 2. The average Bonchev–Trinajstić information content (AvgIpc) is 2.21. The van der Waals surface area contributed by atoms with E-state index in [1.54, 1.807) is 0 Å². The molecule has 0 aliphatic rings. The molecule has 9 heteroatoms. The first-order valence-corrected chi connectivity index (χ1v) is 4.40. The van der Waals surface area contributed by atoms with Crippen molar-refractivity contribution in [2.75, 3.05) is 11.5 Å². The zero-order valence-corrected chi connectivity index (χ0v) is 13.7. The molecule has 0 fully saturated rings. The zero-order chi connectivity index (χ0) is 10.2. The summed E-state index contributed by atoms with van der Waals surface area (Å²) >= 11 is 0. The van der Waals surface area contributed by atoms with Gasteiger partial charge in [0.2, 0.25) is 0 Å². The summed E-state index contributed by atoms with van der Waals surface area (Å²) in [5.41, 5.74) is 12.4. The topological polar surface area (TPSA) is 195 Å². The van der Waals surface area contributed by atoms with Gasteiger partial charge in [-0.1, -0.05) is 36.4 Å². The second kappa shape index (κ2) is 27.4. The fourth-order valence-electron chi connectivity index (χ4n) is 0.906. The Bertz CT molecular complexity index is 331. The molecule has 0 amide bonds. The third-order valence-electron chi connectivity index (χ3n) is 1.60. The monoisotopic (exact) mass is 368 g/mol. The van der Waals surface area contributed by atoms with Crippen molar-refractivity contribution in [2.24, 2.45) is 0 Å². The fourth-order valence-corrected chi connectivity index (χ4v) is 0.906. The molecular formula is C12H14N2O5V2-10. The second-order valence-corrected chi connectivity index (χ2v) is 2.82. The van der Waals surface area contributed by atoms with Crippen LogP contribution in [0, 0.1) is 0 Å². The smallest absolute Gasteiger partial charge is 0.0313 e. The first kappa shape index (κ1) is 42.7. The van der Waals surface area contributed by atoms with Crippen LogP contribution < -0.4 is 11.5 Å². The minimum Gasteiger partial charge on any atom is -2.00 e. The van der Waals surface area contributed by atoms with E-state index in [0.717, 1.165) is 11.4 Å². The van der Waals surface area contributed by atoms with E-state index in [1.807, 2.05) is 60.7 Å². The van der Waals surface area contributed by atoms with Gasteiger partial charge in [-0.2, -0.15) is 0 Å². The van der Waals surface area contributed by atoms with Gasteiger partial charge in [-0.3, -0.25) is 0 Å². The number of hydrogen-bond acceptors (Lipinski definition) is 2. The van der Waals surface area contributed by atoms with Crippen LogP contribution in [0.3, 0.4) is 0 Å². The van der Waals surface area contributed by atoms with E-state index < -0.39 is 0 Å². The van der Waals surface area contributed by atoms with Crippen LogP contribution in [0.1, 0.15) is 0 Å². The van der Waals surface area contributed by atoms with Crippen LogP contribution in [0.25, 0.3) is 0 Å². The molecule has 0 aliphatic carbocycles. The van der Waals surface area contributed by atoms with E-state index in [0.29, 0.717) is 0 Å². The van der Waals surface area contributed by atoms with Crippen LogP contribution in [-0.4, -0.2) is 0 Å². The van der Waals surface area contributed by atoms with Gasteiger partial charge in [-0.15, -0.1) is 0 Å². The van der Waals surface area contributed by atoms with Crippen molar-refractivity contribution in [1.29, 1.82) is 0 Å². The molecule has 0 bridgehead atoms. The number of nitrogens with two attached hydrogens (primary N) is 2. The van der Waals surface area contributed by atoms with E-state index in [2.05, 4.69) is 0 Å². The molecule has 0 heterocycles. The quantitative estimate of drug-likeness (QED) is 0.671. The van der Waals surface area contributed by atoms with Gasteiger partial charge in [0.1, 0.15) is 0 Å². The maximum Gasteiger partial charge on any atom is 0.0313 e. The Morgan fingerprint density at radius 3 is 0.714 bits per heavy atom. The Morgan fingerprint density at radius 1 is 0.429 bits per heavy atom. The van der Waals surface area contributed by atoms with Crippen molar-refractivity contribution < 1.29 is 64.5 Å². The molecule has 0 aliphatic heterocycles. The van der Waals surface area contributed by atoms with Crippen molar-refractivity contribution >= 4 is 11.4 Å². The molecule has 2 aromatic carbocycles. The zero-order valence-electron chi connectivity index (χ0n) is 10.9. The van der Waals surface area contributed by atoms with Gasteiger partial charge in [-0.25, -0.2) is 0 Å². The van der Waals surface area contributed by atoms with Crippen molar-refractivity contribution in [1.82, 2.24) is 0 Å². The third kappa shape index (κ3) is 24.4. The summed E-state index contributed by atoms with van der Waals surface area (Å²) in [6.45, 7) is 0. The maximum atomic E-state index is 5.36. The molecule has 0 spiro atoms. The maximum absolute atomic E-state index is 5.36. The summed E-state index contributed by atoms with van der Waals surface area (Å²) in [5, 5.41) is 0. The summed E-state index contributed by atoms with van der Waals surface area (Å²) < 4.78 is 0. The Morgan fingerprint density at radius 2 is 0.619 bits per heavy atom. The molecule has 21 heavy (non-hydrogen) atoms. The third-order valence-corrected chi connectivity index (χ3v) is 1.60. The molecule has 2 radical (unpaired) electrons. The van der Waals surface area contributed by atoms with E-state index >= 15 is 0 Å². The van der Waals surface area contributed by atoms with Crippen molar-refractivity contribution in [3.63, 3.8) is 0 Å². The molecule has 2 aromatic rings. The molecule has 0 saturated carbocycles. The Kier molecular flexibility index (Phi) is 55.7. The predicted molar refractivity (Wildman–Crippen MR) is 65.1 cm³/mol. The van der Waals surface area contributed by atoms with E-state index in [-0.39, 0.29) is 64.5 Å². The average molecular weight is 368 g/mol. The normalized spacial score (nSPS) is 5.71. The van der Waals surface area contributed by atoms with Gasteiger partial charge in [0.25, 0.3) is 0 Å². The summed E-state index contributed by atoms with van der Waals surface area (Å²) in [5.74, 6) is 0. The van der Waals surface area contributed by atoms with Gasteiger partial charge >= 0.3 is 0 Å². The molecule has 0 unspecified atom stereocenters.